The number of aliphatic imine (C=N–C) groups is 1. The minimum atomic E-state index is -5.87. The van der Waals surface area contributed by atoms with Gasteiger partial charge in [0.05, 0.1) is 5.75 Å². The fourth-order valence-corrected chi connectivity index (χ4v) is 9.11. The summed E-state index contributed by atoms with van der Waals surface area (Å²) in [5, 5.41) is -0.0418. The number of carbonyl (C=O) groups excluding carboxylic acids is 1. The minimum absolute atomic E-state index is 0.204. The quantitative estimate of drug-likeness (QED) is 0.583. The molecule has 1 aliphatic rings. The smallest absolute Gasteiger partial charge is 0.300 e. The van der Waals surface area contributed by atoms with E-state index >= 15 is 0 Å². The number of nitrogens with zero attached hydrogens (tertiary/aromatic N) is 2. The third-order valence-corrected chi connectivity index (χ3v) is 11.7. The molecular weight excluding hydrogens is 424 g/mol. The largest absolute Gasteiger partial charge is 0.448 e. The molecule has 27 heavy (non-hydrogen) atoms. The predicted molar refractivity (Wildman–Crippen MR) is 86.4 cm³/mol. The lowest BCUT2D eigenvalue weighted by Crippen LogP contribution is -2.44. The zero-order chi connectivity index (χ0) is 20.7. The predicted octanol–water partition coefficient (Wildman–Crippen LogP) is 3.26. The first-order valence-electron chi connectivity index (χ1n) is 6.99. The van der Waals surface area contributed by atoms with Gasteiger partial charge in [0.1, 0.15) is 10.6 Å². The normalized spacial score (nSPS) is 23.2. The number of halogens is 6. The highest BCUT2D eigenvalue weighted by Gasteiger charge is 2.71. The van der Waals surface area contributed by atoms with Crippen LogP contribution in [0.15, 0.2) is 40.5 Å². The van der Waals surface area contributed by atoms with Crippen molar-refractivity contribution in [1.82, 2.24) is 10.3 Å². The Kier molecular flexibility index (Phi) is 5.35. The molecule has 1 N–H and O–H groups in total. The number of nitrogens with one attached hydrogen (secondary N) is 1. The number of rotatable bonds is 3. The van der Waals surface area contributed by atoms with Gasteiger partial charge in [-0.25, -0.2) is 13.4 Å². The van der Waals surface area contributed by atoms with E-state index in [-0.39, 0.29) is 6.20 Å². The first-order chi connectivity index (χ1) is 12.3. The number of pyridine rings is 1. The third kappa shape index (κ3) is 3.42. The molecule has 1 aromatic rings. The molecule has 0 bridgehead atoms. The van der Waals surface area contributed by atoms with Gasteiger partial charge in [-0.2, -0.15) is 26.3 Å². The second-order valence-corrected chi connectivity index (χ2v) is 12.1. The lowest BCUT2D eigenvalue weighted by atomic mass is 10.3. The van der Waals surface area contributed by atoms with Crippen LogP contribution >= 0.6 is 9.06 Å². The zero-order valence-corrected chi connectivity index (χ0v) is 14.9. The summed E-state index contributed by atoms with van der Waals surface area (Å²) in [6.07, 6.45) is -4.71. The Morgan fingerprint density at radius 2 is 1.81 bits per heavy atom. The van der Waals surface area contributed by atoms with Crippen LogP contribution in [0.25, 0.3) is 0 Å². The fraction of sp³-hybridized carbons (Fsp3) is 0.308. The molecule has 0 radical (unpaired) electrons. The van der Waals surface area contributed by atoms with Crippen LogP contribution in [0.2, 0.25) is 0 Å². The molecule has 0 aliphatic carbocycles. The van der Waals surface area contributed by atoms with Crippen LogP contribution < -0.4 is 5.32 Å². The highest BCUT2D eigenvalue weighted by Crippen LogP contribution is 2.76. The van der Waals surface area contributed by atoms with Crippen molar-refractivity contribution in [3.05, 3.63) is 41.2 Å². The number of alkyl halides is 6. The van der Waals surface area contributed by atoms with Crippen molar-refractivity contribution in [3.63, 3.8) is 0 Å². The summed E-state index contributed by atoms with van der Waals surface area (Å²) in [7, 11) is -11.2. The standard InChI is InChI=1S/C13H11F6N3O3S2/c1-2-26(24,25)27(13(17,18)19)9(12(14,15)16)7-21-11(27)22-10(23)8-5-3-4-6-20-8/h3-7H,2H2,1H3,(H,21,22,23). The molecule has 1 amide bonds. The van der Waals surface area contributed by atoms with Crippen molar-refractivity contribution in [2.45, 2.75) is 18.6 Å². The second-order valence-electron chi connectivity index (χ2n) is 4.94. The molecule has 6 nitrogen and oxygen atoms in total. The topological polar surface area (TPSA) is 88.5 Å². The first-order valence-corrected chi connectivity index (χ1v) is 10.8. The summed E-state index contributed by atoms with van der Waals surface area (Å²) >= 11 is 0. The van der Waals surface area contributed by atoms with Crippen molar-refractivity contribution >= 4 is 29.0 Å². The monoisotopic (exact) mass is 435 g/mol. The lowest BCUT2D eigenvalue weighted by molar-refractivity contribution is -0.0871. The van der Waals surface area contributed by atoms with Gasteiger partial charge in [-0.05, 0) is 12.1 Å². The molecule has 2 heterocycles. The summed E-state index contributed by atoms with van der Waals surface area (Å²) in [4.78, 5) is 16.3. The Bertz CT molecular complexity index is 909. The summed E-state index contributed by atoms with van der Waals surface area (Å²) in [5.74, 6) is -2.56. The number of carbonyl (C=O) groups is 1. The number of allylic oxidation sites excluding steroid dienone is 1. The van der Waals surface area contributed by atoms with Crippen LogP contribution in [0.5, 0.6) is 0 Å². The van der Waals surface area contributed by atoms with Crippen molar-refractivity contribution in [2.75, 3.05) is 5.75 Å². The van der Waals surface area contributed by atoms with Crippen molar-refractivity contribution in [3.8, 4) is 0 Å². The molecule has 1 unspecified atom stereocenters. The molecule has 1 aliphatic heterocycles. The molecule has 1 aromatic heterocycles. The fourth-order valence-electron chi connectivity index (χ4n) is 2.18. The molecule has 14 heteroatoms. The Labute approximate surface area is 150 Å². The molecule has 1 atom stereocenters. The minimum Gasteiger partial charge on any atom is -0.300 e. The van der Waals surface area contributed by atoms with Crippen molar-refractivity contribution in [2.24, 2.45) is 4.99 Å². The van der Waals surface area contributed by atoms with E-state index in [1.807, 2.05) is 0 Å². The molecule has 2 rings (SSSR count). The van der Waals surface area contributed by atoms with Crippen LogP contribution in [0.3, 0.4) is 0 Å². The zero-order valence-electron chi connectivity index (χ0n) is 13.3. The highest BCUT2D eigenvalue weighted by molar-refractivity contribution is 8.98. The second kappa shape index (κ2) is 6.82. The van der Waals surface area contributed by atoms with E-state index in [1.165, 1.54) is 12.1 Å². The van der Waals surface area contributed by atoms with Crippen LogP contribution in [0.1, 0.15) is 17.4 Å². The lowest BCUT2D eigenvalue weighted by Gasteiger charge is -2.39. The Balaban J connectivity index is 2.66. The van der Waals surface area contributed by atoms with Crippen LogP contribution in [-0.2, 0) is 8.87 Å². The number of hydrogen-bond donors (Lipinski definition) is 1. The van der Waals surface area contributed by atoms with Crippen molar-refractivity contribution in [1.29, 1.82) is 0 Å². The Hall–Kier alpha value is -2.09. The van der Waals surface area contributed by atoms with Crippen LogP contribution in [0, 0.1) is 0 Å². The number of amides is 1. The highest BCUT2D eigenvalue weighted by atomic mass is 33.2. The molecule has 0 aromatic carbocycles. The molecule has 0 saturated carbocycles. The van der Waals surface area contributed by atoms with Gasteiger partial charge in [-0.15, -0.1) is 0 Å². The van der Waals surface area contributed by atoms with E-state index < -0.39 is 57.0 Å². The SMILES string of the molecule is CCS(=O)(=O)S1(C(F)(F)F)C(C(F)(F)F)=CN=C1NC(=O)c1ccccn1. The van der Waals surface area contributed by atoms with E-state index in [9.17, 15) is 39.6 Å². The molecule has 150 valence electrons. The van der Waals surface area contributed by atoms with Gasteiger partial charge in [-0.1, -0.05) is 13.0 Å². The Morgan fingerprint density at radius 1 is 1.19 bits per heavy atom. The summed E-state index contributed by atoms with van der Waals surface area (Å²) in [6, 6.07) is 3.78. The maximum atomic E-state index is 13.9. The van der Waals surface area contributed by atoms with Crippen LogP contribution in [0.4, 0.5) is 26.3 Å². The first kappa shape index (κ1) is 21.2. The van der Waals surface area contributed by atoms with Gasteiger partial charge < -0.3 is 0 Å². The van der Waals surface area contributed by atoms with Gasteiger partial charge in [0.25, 0.3) is 5.91 Å². The van der Waals surface area contributed by atoms with Gasteiger partial charge >= 0.3 is 11.7 Å². The molecule has 0 fully saturated rings. The maximum absolute atomic E-state index is 13.9. The summed E-state index contributed by atoms with van der Waals surface area (Å²) < 4.78 is 106. The van der Waals surface area contributed by atoms with E-state index in [4.69, 9.17) is 0 Å². The third-order valence-electron chi connectivity index (χ3n) is 3.34. The van der Waals surface area contributed by atoms with Crippen LogP contribution in [-0.4, -0.2) is 41.9 Å². The number of aromatic nitrogens is 1. The average molecular weight is 435 g/mol. The average Bonchev–Trinajstić information content (AvgIpc) is 2.96. The summed E-state index contributed by atoms with van der Waals surface area (Å²) in [5.41, 5.74) is -6.29. The summed E-state index contributed by atoms with van der Waals surface area (Å²) in [6.45, 7) is 0.778. The van der Waals surface area contributed by atoms with Gasteiger partial charge in [0.2, 0.25) is 8.87 Å². The van der Waals surface area contributed by atoms with E-state index in [0.29, 0.717) is 0 Å². The van der Waals surface area contributed by atoms with E-state index in [1.54, 1.807) is 5.32 Å². The molecule has 0 spiro atoms. The Morgan fingerprint density at radius 3 is 2.26 bits per heavy atom. The maximum Gasteiger partial charge on any atom is 0.448 e. The number of amidine groups is 1. The molecular formula is C13H11F6N3O3S2. The van der Waals surface area contributed by atoms with Crippen molar-refractivity contribution < 1.29 is 39.6 Å². The van der Waals surface area contributed by atoms with E-state index in [2.05, 4.69) is 9.98 Å². The van der Waals surface area contributed by atoms with Gasteiger partial charge in [0, 0.05) is 21.5 Å². The molecule has 0 saturated heterocycles. The van der Waals surface area contributed by atoms with E-state index in [0.717, 1.165) is 19.2 Å². The number of hydrogen-bond acceptors (Lipinski definition) is 5. The van der Waals surface area contributed by atoms with Gasteiger partial charge in [0.15, 0.2) is 5.17 Å². The van der Waals surface area contributed by atoms with Gasteiger partial charge in [-0.3, -0.25) is 15.1 Å².